The minimum Gasteiger partial charge on any atom is -0.379 e. The molecule has 4 aromatic rings. The van der Waals surface area contributed by atoms with Crippen LogP contribution in [0, 0.1) is 17.1 Å². The minimum absolute atomic E-state index is 0.0128. The van der Waals surface area contributed by atoms with E-state index in [0.717, 1.165) is 0 Å². The normalized spacial score (nSPS) is 11.7. The molecule has 0 spiro atoms. The van der Waals surface area contributed by atoms with Crippen LogP contribution in [0.25, 0.3) is 5.65 Å². The van der Waals surface area contributed by atoms with Crippen LogP contribution in [0.2, 0.25) is 0 Å². The van der Waals surface area contributed by atoms with Crippen molar-refractivity contribution in [3.8, 4) is 6.07 Å². The monoisotopic (exact) mass is 449 g/mol. The number of amides is 1. The molecule has 4 rings (SSSR count). The molecule has 1 unspecified atom stereocenters. The quantitative estimate of drug-likeness (QED) is 0.417. The number of benzene rings is 1. The number of halogens is 2. The maximum atomic E-state index is 15.1. The van der Waals surface area contributed by atoms with E-state index in [4.69, 9.17) is 0 Å². The number of fused-ring (bicyclic) bond motifs is 1. The maximum Gasteiger partial charge on any atom is 0.224 e. The summed E-state index contributed by atoms with van der Waals surface area (Å²) in [5.74, 6) is -1.30. The summed E-state index contributed by atoms with van der Waals surface area (Å²) in [6.45, 7) is -0.166. The molecule has 1 atom stereocenters. The fourth-order valence-electron chi connectivity index (χ4n) is 3.09. The number of aromatic nitrogens is 6. The van der Waals surface area contributed by atoms with E-state index in [1.165, 1.54) is 29.0 Å². The van der Waals surface area contributed by atoms with Crippen molar-refractivity contribution in [2.45, 2.75) is 19.1 Å². The Labute approximate surface area is 186 Å². The summed E-state index contributed by atoms with van der Waals surface area (Å²) in [5.41, 5.74) is 1.07. The zero-order chi connectivity index (χ0) is 23.2. The van der Waals surface area contributed by atoms with Gasteiger partial charge >= 0.3 is 0 Å². The summed E-state index contributed by atoms with van der Waals surface area (Å²) in [7, 11) is 0. The number of pyridine rings is 1. The lowest BCUT2D eigenvalue weighted by molar-refractivity contribution is -0.120. The molecule has 0 aliphatic carbocycles. The molecule has 12 heteroatoms. The molecule has 166 valence electrons. The van der Waals surface area contributed by atoms with Crippen LogP contribution >= 0.6 is 0 Å². The average Bonchev–Trinajstić information content (AvgIpc) is 3.31. The van der Waals surface area contributed by atoms with Crippen molar-refractivity contribution in [3.05, 3.63) is 77.0 Å². The third-order valence-corrected chi connectivity index (χ3v) is 4.77. The summed E-state index contributed by atoms with van der Waals surface area (Å²) in [4.78, 5) is 16.4. The second kappa shape index (κ2) is 9.73. The zero-order valence-electron chi connectivity index (χ0n) is 17.1. The van der Waals surface area contributed by atoms with Gasteiger partial charge in [0.15, 0.2) is 17.6 Å². The van der Waals surface area contributed by atoms with Gasteiger partial charge in [-0.1, -0.05) is 6.07 Å². The lowest BCUT2D eigenvalue weighted by atomic mass is 10.0. The van der Waals surface area contributed by atoms with Crippen molar-refractivity contribution < 1.29 is 13.6 Å². The molecule has 1 aromatic carbocycles. The zero-order valence-corrected chi connectivity index (χ0v) is 17.1. The van der Waals surface area contributed by atoms with Crippen molar-refractivity contribution in [2.24, 2.45) is 0 Å². The van der Waals surface area contributed by atoms with Crippen LogP contribution in [-0.4, -0.2) is 42.7 Å². The Bertz CT molecular complexity index is 1320. The van der Waals surface area contributed by atoms with E-state index in [1.807, 2.05) is 6.07 Å². The molecule has 0 radical (unpaired) electrons. The summed E-state index contributed by atoms with van der Waals surface area (Å²) in [6, 6.07) is 12.7. The second-order valence-electron chi connectivity index (χ2n) is 6.97. The van der Waals surface area contributed by atoms with E-state index >= 15 is 4.39 Å². The molecule has 33 heavy (non-hydrogen) atoms. The van der Waals surface area contributed by atoms with Gasteiger partial charge in [-0.3, -0.25) is 9.78 Å². The highest BCUT2D eigenvalue weighted by atomic mass is 19.1. The molecule has 0 fully saturated rings. The smallest absolute Gasteiger partial charge is 0.224 e. The molecule has 3 aromatic heterocycles. The first-order chi connectivity index (χ1) is 16.0. The van der Waals surface area contributed by atoms with Gasteiger partial charge in [0.05, 0.1) is 48.2 Å². The van der Waals surface area contributed by atoms with Crippen LogP contribution in [0.15, 0.2) is 48.7 Å². The topological polar surface area (TPSA) is 134 Å². The van der Waals surface area contributed by atoms with Crippen molar-refractivity contribution >= 4 is 17.2 Å². The predicted octanol–water partition coefficient (Wildman–Crippen LogP) is 1.91. The van der Waals surface area contributed by atoms with E-state index < -0.39 is 17.9 Å². The van der Waals surface area contributed by atoms with E-state index in [2.05, 4.69) is 36.2 Å². The van der Waals surface area contributed by atoms with Crippen molar-refractivity contribution in [2.75, 3.05) is 11.9 Å². The number of carbonyl (C=O) groups is 1. The van der Waals surface area contributed by atoms with Crippen LogP contribution in [0.4, 0.5) is 14.5 Å². The second-order valence-corrected chi connectivity index (χ2v) is 6.97. The average molecular weight is 449 g/mol. The first kappa shape index (κ1) is 21.7. The lowest BCUT2D eigenvalue weighted by Gasteiger charge is -2.14. The molecule has 0 aliphatic rings. The van der Waals surface area contributed by atoms with Gasteiger partial charge in [0.25, 0.3) is 0 Å². The largest absolute Gasteiger partial charge is 0.379 e. The molecule has 1 amide bonds. The molecule has 10 nitrogen and oxygen atoms in total. The number of carbonyl (C=O) groups excluding carboxylic acids is 1. The Morgan fingerprint density at radius 1 is 1.21 bits per heavy atom. The van der Waals surface area contributed by atoms with Crippen LogP contribution < -0.4 is 10.6 Å². The summed E-state index contributed by atoms with van der Waals surface area (Å²) < 4.78 is 30.6. The highest BCUT2D eigenvalue weighted by molar-refractivity contribution is 5.80. The molecule has 2 N–H and O–H groups in total. The molecular formula is C21H17F2N9O. The Balaban J connectivity index is 1.42. The first-order valence-corrected chi connectivity index (χ1v) is 9.86. The van der Waals surface area contributed by atoms with Crippen LogP contribution in [0.1, 0.15) is 28.7 Å². The standard InChI is InChI=1S/C21H17F2N9O/c22-16(17-3-1-2-8-25-17)12-26-18-6-4-13(10-24)15(21(18)23)9-20(33)27-11-14-5-7-19-28-30-31-32(19)29-14/h1-8,16,26H,9,11-12H2,(H,27,33). The first-order valence-electron chi connectivity index (χ1n) is 9.86. The number of alkyl halides is 1. The Morgan fingerprint density at radius 3 is 2.88 bits per heavy atom. The SMILES string of the molecule is N#Cc1ccc(NCC(F)c2ccccn2)c(F)c1CC(=O)NCc1ccc2nnnn2n1. The van der Waals surface area contributed by atoms with Crippen LogP contribution in [-0.2, 0) is 17.8 Å². The van der Waals surface area contributed by atoms with Gasteiger partial charge < -0.3 is 10.6 Å². The number of nitrogens with zero attached hydrogens (tertiary/aromatic N) is 7. The highest BCUT2D eigenvalue weighted by Crippen LogP contribution is 2.24. The molecule has 0 saturated heterocycles. The fraction of sp³-hybridized carbons (Fsp3) is 0.190. The highest BCUT2D eigenvalue weighted by Gasteiger charge is 2.18. The van der Waals surface area contributed by atoms with Gasteiger partial charge in [-0.05, 0) is 46.8 Å². The molecule has 3 heterocycles. The predicted molar refractivity (Wildman–Crippen MR) is 112 cm³/mol. The maximum absolute atomic E-state index is 15.1. The lowest BCUT2D eigenvalue weighted by Crippen LogP contribution is -2.26. The third-order valence-electron chi connectivity index (χ3n) is 4.77. The van der Waals surface area contributed by atoms with Crippen molar-refractivity contribution in [3.63, 3.8) is 0 Å². The number of nitrogens with one attached hydrogen (secondary N) is 2. The van der Waals surface area contributed by atoms with Crippen molar-refractivity contribution in [1.29, 1.82) is 5.26 Å². The van der Waals surface area contributed by atoms with Gasteiger partial charge in [-0.25, -0.2) is 8.78 Å². The van der Waals surface area contributed by atoms with Crippen LogP contribution in [0.3, 0.4) is 0 Å². The Hall–Kier alpha value is -4.53. The molecule has 0 bridgehead atoms. The van der Waals surface area contributed by atoms with E-state index in [0.29, 0.717) is 11.3 Å². The van der Waals surface area contributed by atoms with E-state index in [9.17, 15) is 14.4 Å². The molecule has 0 saturated carbocycles. The molecule has 0 aliphatic heterocycles. The summed E-state index contributed by atoms with van der Waals surface area (Å²) >= 11 is 0. The van der Waals surface area contributed by atoms with Gasteiger partial charge in [0.1, 0.15) is 0 Å². The number of hydrogen-bond donors (Lipinski definition) is 2. The number of hydrogen-bond acceptors (Lipinski definition) is 8. The summed E-state index contributed by atoms with van der Waals surface area (Å²) in [6.07, 6.45) is -0.369. The number of nitriles is 1. The summed E-state index contributed by atoms with van der Waals surface area (Å²) in [5, 5.41) is 29.7. The Morgan fingerprint density at radius 2 is 2.09 bits per heavy atom. The number of rotatable bonds is 8. The number of tetrazole rings is 1. The van der Waals surface area contributed by atoms with Gasteiger partial charge in [-0.15, -0.1) is 9.73 Å². The molecular weight excluding hydrogens is 432 g/mol. The fourth-order valence-corrected chi connectivity index (χ4v) is 3.09. The third kappa shape index (κ3) is 5.04. The van der Waals surface area contributed by atoms with Gasteiger partial charge in [0.2, 0.25) is 5.91 Å². The van der Waals surface area contributed by atoms with Crippen LogP contribution in [0.5, 0.6) is 0 Å². The number of anilines is 1. The van der Waals surface area contributed by atoms with Crippen molar-refractivity contribution in [1.82, 2.24) is 35.6 Å². The van der Waals surface area contributed by atoms with E-state index in [1.54, 1.807) is 24.3 Å². The minimum atomic E-state index is -1.46. The Kier molecular flexibility index (Phi) is 6.40. The van der Waals surface area contributed by atoms with Gasteiger partial charge in [0, 0.05) is 11.8 Å². The van der Waals surface area contributed by atoms with E-state index in [-0.39, 0.29) is 42.0 Å². The van der Waals surface area contributed by atoms with Gasteiger partial charge in [-0.2, -0.15) is 10.4 Å².